The molecule has 0 N–H and O–H groups in total. The normalized spacial score (nSPS) is 17.8. The van der Waals surface area contributed by atoms with Crippen molar-refractivity contribution in [3.05, 3.63) is 200 Å². The maximum absolute atomic E-state index is 12.8. The molecule has 8 rings (SSSR count). The van der Waals surface area contributed by atoms with E-state index in [2.05, 4.69) is 20.6 Å². The van der Waals surface area contributed by atoms with Crippen LogP contribution in [-0.4, -0.2) is 79.2 Å². The molecule has 1 aliphatic rings. The number of carbonyl (C=O) groups excluding carboxylic acids is 2. The Morgan fingerprint density at radius 1 is 0.521 bits per heavy atom. The van der Waals surface area contributed by atoms with Crippen LogP contribution in [0.15, 0.2) is 140 Å². The molecule has 5 aromatic carbocycles. The average molecular weight is 1010 g/mol. The van der Waals surface area contributed by atoms with Crippen LogP contribution in [-0.2, 0) is 107 Å². The largest absolute Gasteiger partial charge is 0.459 e. The van der Waals surface area contributed by atoms with E-state index in [-0.39, 0.29) is 65.9 Å². The molecule has 71 heavy (non-hydrogen) atoms. The van der Waals surface area contributed by atoms with E-state index in [1.165, 1.54) is 9.36 Å². The zero-order valence-corrected chi connectivity index (χ0v) is 40.8. The fourth-order valence-electron chi connectivity index (χ4n) is 7.70. The topological polar surface area (TPSA) is 169 Å². The lowest BCUT2D eigenvalue weighted by atomic mass is 9.97. The molecule has 0 amide bonds. The zero-order valence-electron chi connectivity index (χ0n) is 39.3. The van der Waals surface area contributed by atoms with Crippen molar-refractivity contribution in [2.75, 3.05) is 6.61 Å². The summed E-state index contributed by atoms with van der Waals surface area (Å²) in [4.78, 5) is 25.6. The van der Waals surface area contributed by atoms with E-state index < -0.39 is 42.6 Å². The number of esters is 2. The quantitative estimate of drug-likeness (QED) is 0.0528. The molecule has 370 valence electrons. The SMILES string of the molecule is Cc1cc(COC(=O)Cn2cc(COC[C@H]3O[C@H](OCc4cn(CC(=O)OCc5ccc(Cl)c(C)c5)nn4)[C@H](OCc4ccccc4)[C@@H](OCc4ccccc4)[C@@H]3OCc3ccccc3)nn2)ccc1Cl. The molecule has 18 heteroatoms. The smallest absolute Gasteiger partial charge is 0.328 e. The van der Waals surface area contributed by atoms with Gasteiger partial charge in [0.25, 0.3) is 0 Å². The highest BCUT2D eigenvalue weighted by Crippen LogP contribution is 2.32. The molecule has 0 bridgehead atoms. The molecule has 1 saturated heterocycles. The third-order valence-corrected chi connectivity index (χ3v) is 12.2. The molecule has 5 atom stereocenters. The van der Waals surface area contributed by atoms with Crippen LogP contribution in [0.2, 0.25) is 10.0 Å². The van der Waals surface area contributed by atoms with Crippen molar-refractivity contribution in [3.8, 4) is 0 Å². The first kappa shape index (κ1) is 51.0. The summed E-state index contributed by atoms with van der Waals surface area (Å²) in [6.45, 7) is 4.31. The molecule has 1 fully saturated rings. The maximum Gasteiger partial charge on any atom is 0.328 e. The van der Waals surface area contributed by atoms with Crippen molar-refractivity contribution in [1.29, 1.82) is 0 Å². The minimum atomic E-state index is -1.04. The Morgan fingerprint density at radius 2 is 0.972 bits per heavy atom. The van der Waals surface area contributed by atoms with Crippen LogP contribution in [0.3, 0.4) is 0 Å². The number of rotatable bonds is 24. The number of hydrogen-bond donors (Lipinski definition) is 0. The predicted octanol–water partition coefficient (Wildman–Crippen LogP) is 8.49. The summed E-state index contributed by atoms with van der Waals surface area (Å²) in [5.74, 6) is -0.973. The predicted molar refractivity (Wildman–Crippen MR) is 260 cm³/mol. The van der Waals surface area contributed by atoms with Gasteiger partial charge in [0.15, 0.2) is 6.29 Å². The van der Waals surface area contributed by atoms with Crippen molar-refractivity contribution in [2.24, 2.45) is 0 Å². The summed E-state index contributed by atoms with van der Waals surface area (Å²) < 4.78 is 53.7. The Balaban J connectivity index is 0.981. The zero-order chi connectivity index (χ0) is 49.4. The third kappa shape index (κ3) is 15.3. The second-order valence-corrected chi connectivity index (χ2v) is 17.8. The summed E-state index contributed by atoms with van der Waals surface area (Å²) >= 11 is 12.3. The van der Waals surface area contributed by atoms with Gasteiger partial charge < -0.3 is 37.9 Å². The van der Waals surface area contributed by atoms with E-state index in [9.17, 15) is 9.59 Å². The van der Waals surface area contributed by atoms with E-state index in [0.29, 0.717) is 21.4 Å². The average Bonchev–Trinajstić information content (AvgIpc) is 4.04. The van der Waals surface area contributed by atoms with Crippen molar-refractivity contribution in [2.45, 2.75) is 104 Å². The molecule has 0 aliphatic carbocycles. The van der Waals surface area contributed by atoms with Gasteiger partial charge in [0.2, 0.25) is 0 Å². The fourth-order valence-corrected chi connectivity index (χ4v) is 7.94. The van der Waals surface area contributed by atoms with Gasteiger partial charge in [0.05, 0.1) is 52.0 Å². The van der Waals surface area contributed by atoms with Gasteiger partial charge in [-0.15, -0.1) is 10.2 Å². The molecular weight excluding hydrogens is 952 g/mol. The summed E-state index contributed by atoms with van der Waals surface area (Å²) in [6, 6.07) is 40.3. The lowest BCUT2D eigenvalue weighted by Crippen LogP contribution is -2.61. The molecule has 7 aromatic rings. The van der Waals surface area contributed by atoms with Gasteiger partial charge in [-0.05, 0) is 64.9 Å². The van der Waals surface area contributed by atoms with Crippen molar-refractivity contribution in [1.82, 2.24) is 30.0 Å². The highest BCUT2D eigenvalue weighted by atomic mass is 35.5. The van der Waals surface area contributed by atoms with Crippen molar-refractivity contribution in [3.63, 3.8) is 0 Å². The molecule has 3 heterocycles. The highest BCUT2D eigenvalue weighted by Gasteiger charge is 2.49. The Bertz CT molecular complexity index is 2780. The second kappa shape index (κ2) is 25.7. The van der Waals surface area contributed by atoms with Gasteiger partial charge in [0.1, 0.15) is 62.1 Å². The number of hydrogen-bond acceptors (Lipinski definition) is 14. The van der Waals surface area contributed by atoms with Crippen LogP contribution in [0.25, 0.3) is 0 Å². The highest BCUT2D eigenvalue weighted by molar-refractivity contribution is 6.31. The van der Waals surface area contributed by atoms with Crippen LogP contribution < -0.4 is 0 Å². The number of aryl methyl sites for hydroxylation is 2. The summed E-state index contributed by atoms with van der Waals surface area (Å²) in [5.41, 5.74) is 7.14. The Hall–Kier alpha value is -6.34. The van der Waals surface area contributed by atoms with Crippen LogP contribution >= 0.6 is 23.2 Å². The first-order valence-electron chi connectivity index (χ1n) is 23.0. The molecule has 0 spiro atoms. The van der Waals surface area contributed by atoms with Crippen molar-refractivity contribution >= 4 is 35.1 Å². The molecule has 0 radical (unpaired) electrons. The molecule has 16 nitrogen and oxygen atoms in total. The number of benzene rings is 5. The molecule has 0 unspecified atom stereocenters. The standard InChI is InChI=1S/C53H54Cl2N6O10/c1-36-22-41(18-20-45(36)54)31-65-48(62)26-60-24-43(56-58-60)33-64-35-47-50(67-28-38-12-6-3-7-13-38)51(68-29-39-14-8-4-9-15-39)52(69-30-40-16-10-5-11-17-40)53(71-47)70-34-44-25-61(59-57-44)27-49(63)66-32-42-19-21-46(55)37(2)23-42/h3-25,47,50-53H,26-35H2,1-2H3/t47-,50-,51+,52-,53+/m1/s1. The van der Waals surface area contributed by atoms with Crippen LogP contribution in [0.1, 0.15) is 50.3 Å². The maximum atomic E-state index is 12.8. The first-order chi connectivity index (χ1) is 34.6. The fraction of sp³-hybridized carbons (Fsp3) is 0.321. The molecule has 0 saturated carbocycles. The Morgan fingerprint density at radius 3 is 1.45 bits per heavy atom. The lowest BCUT2D eigenvalue weighted by Gasteiger charge is -2.45. The van der Waals surface area contributed by atoms with Gasteiger partial charge >= 0.3 is 11.9 Å². The van der Waals surface area contributed by atoms with Gasteiger partial charge in [0, 0.05) is 10.0 Å². The second-order valence-electron chi connectivity index (χ2n) is 17.0. The minimum Gasteiger partial charge on any atom is -0.459 e. The van der Waals surface area contributed by atoms with Crippen molar-refractivity contribution < 1.29 is 47.5 Å². The number of ether oxygens (including phenoxy) is 8. The number of halogens is 2. The summed E-state index contributed by atoms with van der Waals surface area (Å²) in [7, 11) is 0. The lowest BCUT2D eigenvalue weighted by molar-refractivity contribution is -0.331. The van der Waals surface area contributed by atoms with Gasteiger partial charge in [-0.1, -0.05) is 149 Å². The summed E-state index contributed by atoms with van der Waals surface area (Å²) in [5, 5.41) is 18.1. The summed E-state index contributed by atoms with van der Waals surface area (Å²) in [6.07, 6.45) is -0.896. The molecule has 2 aromatic heterocycles. The number of carbonyl (C=O) groups is 2. The van der Waals surface area contributed by atoms with E-state index in [4.69, 9.17) is 61.1 Å². The van der Waals surface area contributed by atoms with Crippen LogP contribution in [0, 0.1) is 13.8 Å². The van der Waals surface area contributed by atoms with E-state index in [0.717, 1.165) is 38.9 Å². The number of nitrogens with zero attached hydrogens (tertiary/aromatic N) is 6. The van der Waals surface area contributed by atoms with E-state index in [1.54, 1.807) is 24.5 Å². The van der Waals surface area contributed by atoms with Crippen LogP contribution in [0.5, 0.6) is 0 Å². The van der Waals surface area contributed by atoms with E-state index >= 15 is 0 Å². The van der Waals surface area contributed by atoms with E-state index in [1.807, 2.05) is 129 Å². The third-order valence-electron chi connectivity index (χ3n) is 11.4. The van der Waals surface area contributed by atoms with Gasteiger partial charge in [-0.2, -0.15) is 0 Å². The molecular formula is C53H54Cl2N6O10. The Kier molecular flexibility index (Phi) is 18.5. The van der Waals surface area contributed by atoms with Crippen LogP contribution in [0.4, 0.5) is 0 Å². The monoisotopic (exact) mass is 1000 g/mol. The van der Waals surface area contributed by atoms with Gasteiger partial charge in [-0.3, -0.25) is 9.59 Å². The number of aromatic nitrogens is 6. The molecule has 1 aliphatic heterocycles. The first-order valence-corrected chi connectivity index (χ1v) is 23.8. The minimum absolute atomic E-state index is 0.0131. The van der Waals surface area contributed by atoms with Gasteiger partial charge in [-0.25, -0.2) is 9.36 Å². The Labute approximate surface area is 421 Å².